The number of rotatable bonds is 5. The van der Waals surface area contributed by atoms with Crippen molar-refractivity contribution in [1.82, 2.24) is 5.32 Å². The van der Waals surface area contributed by atoms with E-state index in [4.69, 9.17) is 0 Å². The summed E-state index contributed by atoms with van der Waals surface area (Å²) in [4.78, 5) is 11.6. The van der Waals surface area contributed by atoms with Crippen molar-refractivity contribution in [2.24, 2.45) is 5.41 Å². The van der Waals surface area contributed by atoms with Crippen LogP contribution >= 0.6 is 0 Å². The summed E-state index contributed by atoms with van der Waals surface area (Å²) in [6, 6.07) is 9.50. The molecule has 0 spiro atoms. The van der Waals surface area contributed by atoms with Crippen molar-refractivity contribution in [3.05, 3.63) is 35.9 Å². The summed E-state index contributed by atoms with van der Waals surface area (Å²) in [5.74, 6) is 0.0442. The van der Waals surface area contributed by atoms with E-state index in [0.717, 1.165) is 5.56 Å². The van der Waals surface area contributed by atoms with Gasteiger partial charge in [-0.05, 0) is 17.4 Å². The fourth-order valence-corrected chi connectivity index (χ4v) is 1.73. The molecule has 0 aliphatic rings. The van der Waals surface area contributed by atoms with Gasteiger partial charge in [0.1, 0.15) is 0 Å². The van der Waals surface area contributed by atoms with Crippen molar-refractivity contribution in [3.63, 3.8) is 0 Å². The number of hydrogen-bond acceptors (Lipinski definition) is 2. The fourth-order valence-electron chi connectivity index (χ4n) is 1.73. The van der Waals surface area contributed by atoms with Gasteiger partial charge >= 0.3 is 0 Å². The predicted octanol–water partition coefficient (Wildman–Crippen LogP) is 2.66. The molecule has 2 N–H and O–H groups in total. The Bertz CT molecular complexity index is 368. The van der Waals surface area contributed by atoms with Crippen LogP contribution in [-0.2, 0) is 4.79 Å². The number of aliphatic hydroxyl groups is 1. The van der Waals surface area contributed by atoms with Crippen molar-refractivity contribution in [3.8, 4) is 0 Å². The van der Waals surface area contributed by atoms with Crippen molar-refractivity contribution in [2.45, 2.75) is 39.7 Å². The molecule has 1 aromatic carbocycles. The quantitative estimate of drug-likeness (QED) is 0.843. The average molecular weight is 249 g/mol. The average Bonchev–Trinajstić information content (AvgIpc) is 2.27. The van der Waals surface area contributed by atoms with Crippen molar-refractivity contribution in [2.75, 3.05) is 6.54 Å². The number of nitrogens with one attached hydrogen (secondary N) is 1. The highest BCUT2D eigenvalue weighted by Crippen LogP contribution is 2.18. The largest absolute Gasteiger partial charge is 0.388 e. The molecule has 0 radical (unpaired) electrons. The van der Waals surface area contributed by atoms with E-state index in [2.05, 4.69) is 5.32 Å². The standard InChI is InChI=1S/C15H23NO2/c1-15(2,3)11-14(18)16-10-9-13(17)12-7-5-4-6-8-12/h4-8,13,17H,9-11H2,1-3H3,(H,16,18). The third kappa shape index (κ3) is 5.82. The van der Waals surface area contributed by atoms with Gasteiger partial charge in [-0.1, -0.05) is 51.1 Å². The topological polar surface area (TPSA) is 49.3 Å². The van der Waals surface area contributed by atoms with Gasteiger partial charge in [0.05, 0.1) is 6.10 Å². The van der Waals surface area contributed by atoms with Crippen LogP contribution in [0.5, 0.6) is 0 Å². The van der Waals surface area contributed by atoms with Crippen LogP contribution in [0.15, 0.2) is 30.3 Å². The van der Waals surface area contributed by atoms with Crippen LogP contribution < -0.4 is 5.32 Å². The second-order valence-corrected chi connectivity index (χ2v) is 5.80. The maximum Gasteiger partial charge on any atom is 0.220 e. The van der Waals surface area contributed by atoms with Gasteiger partial charge < -0.3 is 10.4 Å². The lowest BCUT2D eigenvalue weighted by atomic mass is 9.92. The third-order valence-corrected chi connectivity index (χ3v) is 2.62. The normalized spacial score (nSPS) is 13.1. The van der Waals surface area contributed by atoms with E-state index in [1.165, 1.54) is 0 Å². The minimum absolute atomic E-state index is 0.00211. The van der Waals surface area contributed by atoms with Crippen LogP contribution in [0.2, 0.25) is 0 Å². The van der Waals surface area contributed by atoms with Crippen LogP contribution in [0.3, 0.4) is 0 Å². The molecule has 3 nitrogen and oxygen atoms in total. The van der Waals surface area contributed by atoms with E-state index in [1.807, 2.05) is 51.1 Å². The lowest BCUT2D eigenvalue weighted by Gasteiger charge is -2.18. The van der Waals surface area contributed by atoms with Crippen LogP contribution in [0.1, 0.15) is 45.3 Å². The van der Waals surface area contributed by atoms with Crippen LogP contribution in [0.4, 0.5) is 0 Å². The molecule has 100 valence electrons. The number of carbonyl (C=O) groups is 1. The first-order valence-corrected chi connectivity index (χ1v) is 6.38. The fraction of sp³-hybridized carbons (Fsp3) is 0.533. The Morgan fingerprint density at radius 1 is 1.28 bits per heavy atom. The zero-order valence-corrected chi connectivity index (χ0v) is 11.4. The maximum atomic E-state index is 11.6. The molecule has 0 aliphatic heterocycles. The maximum absolute atomic E-state index is 11.6. The number of hydrogen-bond donors (Lipinski definition) is 2. The lowest BCUT2D eigenvalue weighted by molar-refractivity contribution is -0.122. The molecular weight excluding hydrogens is 226 g/mol. The van der Waals surface area contributed by atoms with Crippen LogP contribution in [0.25, 0.3) is 0 Å². The Morgan fingerprint density at radius 3 is 2.44 bits per heavy atom. The van der Waals surface area contributed by atoms with Gasteiger partial charge in [0.25, 0.3) is 0 Å². The molecule has 0 heterocycles. The molecular formula is C15H23NO2. The molecule has 0 saturated carbocycles. The van der Waals surface area contributed by atoms with Gasteiger partial charge in [0.15, 0.2) is 0 Å². The molecule has 18 heavy (non-hydrogen) atoms. The summed E-state index contributed by atoms with van der Waals surface area (Å²) in [6.45, 7) is 6.60. The van der Waals surface area contributed by atoms with Gasteiger partial charge in [0, 0.05) is 13.0 Å². The van der Waals surface area contributed by atoms with E-state index < -0.39 is 6.10 Å². The molecule has 0 aromatic heterocycles. The minimum atomic E-state index is -0.513. The van der Waals surface area contributed by atoms with E-state index in [9.17, 15) is 9.90 Å². The van der Waals surface area contributed by atoms with Crippen LogP contribution in [0, 0.1) is 5.41 Å². The minimum Gasteiger partial charge on any atom is -0.388 e. The molecule has 0 bridgehead atoms. The second-order valence-electron chi connectivity index (χ2n) is 5.80. The first-order valence-electron chi connectivity index (χ1n) is 6.38. The number of aliphatic hydroxyl groups excluding tert-OH is 1. The molecule has 0 saturated heterocycles. The van der Waals surface area contributed by atoms with Gasteiger partial charge in [-0.25, -0.2) is 0 Å². The van der Waals surface area contributed by atoms with Gasteiger partial charge in [-0.15, -0.1) is 0 Å². The van der Waals surface area contributed by atoms with E-state index in [1.54, 1.807) is 0 Å². The summed E-state index contributed by atoms with van der Waals surface area (Å²) in [5, 5.41) is 12.8. The number of amides is 1. The van der Waals surface area contributed by atoms with Crippen molar-refractivity contribution in [1.29, 1.82) is 0 Å². The van der Waals surface area contributed by atoms with Gasteiger partial charge in [-0.2, -0.15) is 0 Å². The molecule has 0 fully saturated rings. The molecule has 0 aliphatic carbocycles. The second kappa shape index (κ2) is 6.55. The zero-order chi connectivity index (χ0) is 13.6. The lowest BCUT2D eigenvalue weighted by Crippen LogP contribution is -2.29. The Hall–Kier alpha value is -1.35. The Labute approximate surface area is 109 Å². The van der Waals surface area contributed by atoms with E-state index >= 15 is 0 Å². The highest BCUT2D eigenvalue weighted by Gasteiger charge is 2.15. The Kier molecular flexibility index (Phi) is 5.35. The van der Waals surface area contributed by atoms with E-state index in [0.29, 0.717) is 19.4 Å². The molecule has 1 unspecified atom stereocenters. The van der Waals surface area contributed by atoms with Crippen molar-refractivity contribution < 1.29 is 9.90 Å². The summed E-state index contributed by atoms with van der Waals surface area (Å²) < 4.78 is 0. The van der Waals surface area contributed by atoms with Crippen molar-refractivity contribution >= 4 is 5.91 Å². The molecule has 1 atom stereocenters. The highest BCUT2D eigenvalue weighted by atomic mass is 16.3. The Balaban J connectivity index is 2.28. The molecule has 1 rings (SSSR count). The Morgan fingerprint density at radius 2 is 1.89 bits per heavy atom. The SMILES string of the molecule is CC(C)(C)CC(=O)NCCC(O)c1ccccc1. The summed E-state index contributed by atoms with van der Waals surface area (Å²) in [5.41, 5.74) is 0.893. The monoisotopic (exact) mass is 249 g/mol. The smallest absolute Gasteiger partial charge is 0.220 e. The first-order chi connectivity index (χ1) is 8.38. The first kappa shape index (κ1) is 14.7. The number of carbonyl (C=O) groups excluding carboxylic acids is 1. The summed E-state index contributed by atoms with van der Waals surface area (Å²) >= 11 is 0. The molecule has 1 aromatic rings. The number of benzene rings is 1. The molecule has 3 heteroatoms. The van der Waals surface area contributed by atoms with Gasteiger partial charge in [0.2, 0.25) is 5.91 Å². The molecule has 1 amide bonds. The zero-order valence-electron chi connectivity index (χ0n) is 11.4. The predicted molar refractivity (Wildman–Crippen MR) is 73.1 cm³/mol. The third-order valence-electron chi connectivity index (χ3n) is 2.62. The summed E-state index contributed by atoms with van der Waals surface area (Å²) in [6.07, 6.45) is 0.537. The highest BCUT2D eigenvalue weighted by molar-refractivity contribution is 5.76. The van der Waals surface area contributed by atoms with Gasteiger partial charge in [-0.3, -0.25) is 4.79 Å². The van der Waals surface area contributed by atoms with E-state index in [-0.39, 0.29) is 11.3 Å². The van der Waals surface area contributed by atoms with Crippen LogP contribution in [-0.4, -0.2) is 17.6 Å². The summed E-state index contributed by atoms with van der Waals surface area (Å²) in [7, 11) is 0.